The number of hydrogen-bond acceptors (Lipinski definition) is 3. The molecule has 1 rings (SSSR count). The SMILES string of the molecule is CC(C=O)C1CCN(C(=O)OC(C)(C)C)CC1C. The summed E-state index contributed by atoms with van der Waals surface area (Å²) in [6, 6.07) is 0. The predicted octanol–water partition coefficient (Wildman–Crippen LogP) is 2.71. The van der Waals surface area contributed by atoms with E-state index in [1.54, 1.807) is 4.90 Å². The van der Waals surface area contributed by atoms with E-state index in [9.17, 15) is 9.59 Å². The van der Waals surface area contributed by atoms with Crippen LogP contribution in [0.1, 0.15) is 41.0 Å². The highest BCUT2D eigenvalue weighted by atomic mass is 16.6. The molecular weight excluding hydrogens is 230 g/mol. The average molecular weight is 255 g/mol. The summed E-state index contributed by atoms with van der Waals surface area (Å²) in [6.07, 6.45) is 1.65. The third-order valence-electron chi connectivity index (χ3n) is 3.51. The van der Waals surface area contributed by atoms with Gasteiger partial charge in [-0.25, -0.2) is 4.79 Å². The Morgan fingerprint density at radius 2 is 2.06 bits per heavy atom. The summed E-state index contributed by atoms with van der Waals surface area (Å²) < 4.78 is 5.37. The molecule has 1 aliphatic rings. The third-order valence-corrected chi connectivity index (χ3v) is 3.51. The van der Waals surface area contributed by atoms with E-state index in [2.05, 4.69) is 6.92 Å². The number of piperidine rings is 1. The number of ether oxygens (including phenoxy) is 1. The van der Waals surface area contributed by atoms with Gasteiger partial charge in [-0.1, -0.05) is 13.8 Å². The zero-order chi connectivity index (χ0) is 13.9. The van der Waals surface area contributed by atoms with Crippen LogP contribution in [-0.4, -0.2) is 36.0 Å². The fraction of sp³-hybridized carbons (Fsp3) is 0.857. The van der Waals surface area contributed by atoms with Crippen molar-refractivity contribution in [3.63, 3.8) is 0 Å². The van der Waals surface area contributed by atoms with Crippen molar-refractivity contribution in [2.45, 2.75) is 46.6 Å². The van der Waals surface area contributed by atoms with Crippen LogP contribution < -0.4 is 0 Å². The Kier molecular flexibility index (Phi) is 4.77. The average Bonchev–Trinajstić information content (AvgIpc) is 2.25. The molecule has 0 radical (unpaired) electrons. The molecule has 0 bridgehead atoms. The van der Waals surface area contributed by atoms with E-state index < -0.39 is 5.60 Å². The molecule has 1 saturated heterocycles. The summed E-state index contributed by atoms with van der Waals surface area (Å²) in [7, 11) is 0. The maximum absolute atomic E-state index is 11.9. The fourth-order valence-electron chi connectivity index (χ4n) is 2.54. The molecule has 104 valence electrons. The minimum atomic E-state index is -0.451. The van der Waals surface area contributed by atoms with Crippen LogP contribution in [0.15, 0.2) is 0 Å². The molecule has 18 heavy (non-hydrogen) atoms. The van der Waals surface area contributed by atoms with Crippen LogP contribution in [0.25, 0.3) is 0 Å². The van der Waals surface area contributed by atoms with Crippen LogP contribution in [-0.2, 0) is 9.53 Å². The van der Waals surface area contributed by atoms with E-state index in [1.165, 1.54) is 0 Å². The second kappa shape index (κ2) is 5.72. The van der Waals surface area contributed by atoms with Crippen molar-refractivity contribution in [3.8, 4) is 0 Å². The Morgan fingerprint density at radius 3 is 2.50 bits per heavy atom. The van der Waals surface area contributed by atoms with Crippen LogP contribution >= 0.6 is 0 Å². The van der Waals surface area contributed by atoms with Crippen LogP contribution in [0, 0.1) is 17.8 Å². The highest BCUT2D eigenvalue weighted by Crippen LogP contribution is 2.29. The first-order valence-corrected chi connectivity index (χ1v) is 6.68. The van der Waals surface area contributed by atoms with Gasteiger partial charge in [0.2, 0.25) is 0 Å². The van der Waals surface area contributed by atoms with E-state index >= 15 is 0 Å². The van der Waals surface area contributed by atoms with Gasteiger partial charge in [-0.15, -0.1) is 0 Å². The fourth-order valence-corrected chi connectivity index (χ4v) is 2.54. The van der Waals surface area contributed by atoms with Gasteiger partial charge in [0.25, 0.3) is 0 Å². The lowest BCUT2D eigenvalue weighted by Gasteiger charge is -2.38. The molecule has 1 fully saturated rings. The zero-order valence-electron chi connectivity index (χ0n) is 12.1. The number of nitrogens with zero attached hydrogens (tertiary/aromatic N) is 1. The first kappa shape index (κ1) is 15.0. The van der Waals surface area contributed by atoms with Crippen molar-refractivity contribution in [1.29, 1.82) is 0 Å². The van der Waals surface area contributed by atoms with E-state index in [-0.39, 0.29) is 12.0 Å². The Labute approximate surface area is 110 Å². The number of carbonyl (C=O) groups excluding carboxylic acids is 2. The molecule has 4 heteroatoms. The Hall–Kier alpha value is -1.06. The number of hydrogen-bond donors (Lipinski definition) is 0. The number of aldehydes is 1. The Balaban J connectivity index is 2.55. The number of likely N-dealkylation sites (tertiary alicyclic amines) is 1. The highest BCUT2D eigenvalue weighted by molar-refractivity contribution is 5.68. The topological polar surface area (TPSA) is 46.6 Å². The van der Waals surface area contributed by atoms with Gasteiger partial charge in [-0.2, -0.15) is 0 Å². The van der Waals surface area contributed by atoms with Crippen molar-refractivity contribution in [3.05, 3.63) is 0 Å². The molecular formula is C14H25NO3. The largest absolute Gasteiger partial charge is 0.444 e. The molecule has 1 heterocycles. The number of rotatable bonds is 2. The number of carbonyl (C=O) groups is 2. The molecule has 1 aliphatic heterocycles. The van der Waals surface area contributed by atoms with Crippen molar-refractivity contribution in [1.82, 2.24) is 4.90 Å². The van der Waals surface area contributed by atoms with Crippen molar-refractivity contribution >= 4 is 12.4 Å². The molecule has 0 spiro atoms. The van der Waals surface area contributed by atoms with Crippen LogP contribution in [0.5, 0.6) is 0 Å². The highest BCUT2D eigenvalue weighted by Gasteiger charge is 2.33. The lowest BCUT2D eigenvalue weighted by atomic mass is 9.79. The molecule has 0 saturated carbocycles. The Bertz CT molecular complexity index is 309. The first-order chi connectivity index (χ1) is 8.24. The van der Waals surface area contributed by atoms with Crippen LogP contribution in [0.4, 0.5) is 4.79 Å². The molecule has 0 aliphatic carbocycles. The third kappa shape index (κ3) is 4.00. The van der Waals surface area contributed by atoms with E-state index in [0.29, 0.717) is 24.9 Å². The van der Waals surface area contributed by atoms with Gasteiger partial charge in [-0.05, 0) is 39.0 Å². The lowest BCUT2D eigenvalue weighted by Crippen LogP contribution is -2.46. The zero-order valence-corrected chi connectivity index (χ0v) is 12.1. The molecule has 0 aromatic carbocycles. The summed E-state index contributed by atoms with van der Waals surface area (Å²) in [5, 5.41) is 0. The van der Waals surface area contributed by atoms with Crippen LogP contribution in [0.2, 0.25) is 0 Å². The monoisotopic (exact) mass is 255 g/mol. The summed E-state index contributed by atoms with van der Waals surface area (Å²) in [6.45, 7) is 11.0. The summed E-state index contributed by atoms with van der Waals surface area (Å²) in [4.78, 5) is 24.5. The van der Waals surface area contributed by atoms with Gasteiger partial charge >= 0.3 is 6.09 Å². The summed E-state index contributed by atoms with van der Waals surface area (Å²) >= 11 is 0. The standard InChI is InChI=1S/C14H25NO3/c1-10-8-15(13(17)18-14(3,4)5)7-6-12(10)11(2)9-16/h9-12H,6-8H2,1-5H3. The quantitative estimate of drug-likeness (QED) is 0.713. The molecule has 3 unspecified atom stereocenters. The molecule has 4 nitrogen and oxygen atoms in total. The maximum atomic E-state index is 11.9. The predicted molar refractivity (Wildman–Crippen MR) is 70.3 cm³/mol. The van der Waals surface area contributed by atoms with Crippen molar-refractivity contribution in [2.75, 3.05) is 13.1 Å². The van der Waals surface area contributed by atoms with E-state index in [1.807, 2.05) is 27.7 Å². The molecule has 1 amide bonds. The lowest BCUT2D eigenvalue weighted by molar-refractivity contribution is -0.113. The second-order valence-corrected chi connectivity index (χ2v) is 6.35. The summed E-state index contributed by atoms with van der Waals surface area (Å²) in [5.74, 6) is 0.786. The van der Waals surface area contributed by atoms with Gasteiger partial charge in [0.05, 0.1) is 0 Å². The molecule has 0 aromatic rings. The minimum absolute atomic E-state index is 0.0702. The molecule has 3 atom stereocenters. The normalized spacial score (nSPS) is 26.6. The minimum Gasteiger partial charge on any atom is -0.444 e. The van der Waals surface area contributed by atoms with Crippen molar-refractivity contribution in [2.24, 2.45) is 17.8 Å². The number of amides is 1. The Morgan fingerprint density at radius 1 is 1.44 bits per heavy atom. The first-order valence-electron chi connectivity index (χ1n) is 6.68. The molecule has 0 N–H and O–H groups in total. The molecule has 0 aromatic heterocycles. The van der Waals surface area contributed by atoms with Gasteiger partial charge in [0.15, 0.2) is 0 Å². The van der Waals surface area contributed by atoms with Crippen LogP contribution in [0.3, 0.4) is 0 Å². The van der Waals surface area contributed by atoms with Gasteiger partial charge < -0.3 is 14.4 Å². The van der Waals surface area contributed by atoms with Gasteiger partial charge in [0, 0.05) is 19.0 Å². The van der Waals surface area contributed by atoms with Gasteiger partial charge in [0.1, 0.15) is 11.9 Å². The summed E-state index contributed by atoms with van der Waals surface area (Å²) in [5.41, 5.74) is -0.451. The maximum Gasteiger partial charge on any atom is 0.410 e. The van der Waals surface area contributed by atoms with Crippen molar-refractivity contribution < 1.29 is 14.3 Å². The second-order valence-electron chi connectivity index (χ2n) is 6.35. The smallest absolute Gasteiger partial charge is 0.410 e. The van der Waals surface area contributed by atoms with E-state index in [0.717, 1.165) is 12.7 Å². The van der Waals surface area contributed by atoms with Gasteiger partial charge in [-0.3, -0.25) is 0 Å². The van der Waals surface area contributed by atoms with E-state index in [4.69, 9.17) is 4.74 Å².